The molecule has 1 N–H and O–H groups in total. The third-order valence-electron chi connectivity index (χ3n) is 3.58. The van der Waals surface area contributed by atoms with Crippen molar-refractivity contribution in [2.45, 2.75) is 0 Å². The number of amides is 1. The average molecular weight is 311 g/mol. The third kappa shape index (κ3) is 2.44. The second kappa shape index (κ2) is 5.24. The number of benzene rings is 2. The summed E-state index contributed by atoms with van der Waals surface area (Å²) in [5.41, 5.74) is 1.39. The summed E-state index contributed by atoms with van der Waals surface area (Å²) < 4.78 is 21.4. The second-order valence-corrected chi connectivity index (χ2v) is 5.04. The monoisotopic (exact) mass is 311 g/mol. The summed E-state index contributed by atoms with van der Waals surface area (Å²) in [6, 6.07) is 10.7. The first-order valence-corrected chi connectivity index (χ1v) is 7.01. The summed E-state index contributed by atoms with van der Waals surface area (Å²) in [5, 5.41) is 2.79. The van der Waals surface area contributed by atoms with Gasteiger partial charge in [-0.25, -0.2) is 0 Å². The Kier molecular flexibility index (Phi) is 3.08. The van der Waals surface area contributed by atoms with E-state index < -0.39 is 0 Å². The van der Waals surface area contributed by atoms with Gasteiger partial charge in [0.05, 0.1) is 12.8 Å². The topological polar surface area (TPSA) is 66.0 Å². The number of methoxy groups -OCH3 is 1. The molecule has 4 rings (SSSR count). The van der Waals surface area contributed by atoms with Gasteiger partial charge in [0.15, 0.2) is 23.0 Å². The number of nitrogens with one attached hydrogen (secondary N) is 1. The minimum atomic E-state index is -0.313. The Balaban J connectivity index is 1.65. The van der Waals surface area contributed by atoms with E-state index in [-0.39, 0.29) is 18.5 Å². The molecule has 0 spiro atoms. The van der Waals surface area contributed by atoms with Crippen LogP contribution in [0.5, 0.6) is 23.0 Å². The fraction of sp³-hybridized carbons (Fsp3) is 0.118. The van der Waals surface area contributed by atoms with Crippen LogP contribution in [0.3, 0.4) is 0 Å². The van der Waals surface area contributed by atoms with Gasteiger partial charge < -0.3 is 24.3 Å². The van der Waals surface area contributed by atoms with Crippen molar-refractivity contribution in [3.8, 4) is 23.0 Å². The fourth-order valence-corrected chi connectivity index (χ4v) is 2.40. The van der Waals surface area contributed by atoms with E-state index >= 15 is 0 Å². The third-order valence-corrected chi connectivity index (χ3v) is 3.58. The predicted octanol–water partition coefficient (Wildman–Crippen LogP) is 2.80. The fourth-order valence-electron chi connectivity index (χ4n) is 2.40. The van der Waals surface area contributed by atoms with Gasteiger partial charge in [-0.05, 0) is 23.8 Å². The van der Waals surface area contributed by atoms with Gasteiger partial charge in [-0.2, -0.15) is 0 Å². The lowest BCUT2D eigenvalue weighted by molar-refractivity contribution is -0.115. The van der Waals surface area contributed by atoms with E-state index in [1.165, 1.54) is 0 Å². The number of carbonyl (C=O) groups is 1. The normalized spacial score (nSPS) is 16.6. The summed E-state index contributed by atoms with van der Waals surface area (Å²) in [7, 11) is 1.60. The van der Waals surface area contributed by atoms with Crippen LogP contribution >= 0.6 is 0 Å². The van der Waals surface area contributed by atoms with Gasteiger partial charge in [-0.1, -0.05) is 12.1 Å². The van der Waals surface area contributed by atoms with Crippen molar-refractivity contribution >= 4 is 17.7 Å². The Bertz CT molecular complexity index is 810. The molecule has 2 heterocycles. The molecule has 6 nitrogen and oxygen atoms in total. The van der Waals surface area contributed by atoms with Crippen LogP contribution in [0.25, 0.3) is 6.08 Å². The maximum absolute atomic E-state index is 12.2. The van der Waals surface area contributed by atoms with Gasteiger partial charge >= 0.3 is 0 Å². The zero-order valence-corrected chi connectivity index (χ0v) is 12.3. The van der Waals surface area contributed by atoms with Crippen LogP contribution in [-0.2, 0) is 4.79 Å². The van der Waals surface area contributed by atoms with Crippen LogP contribution in [0.2, 0.25) is 0 Å². The highest BCUT2D eigenvalue weighted by atomic mass is 16.7. The van der Waals surface area contributed by atoms with Crippen molar-refractivity contribution in [2.24, 2.45) is 0 Å². The minimum Gasteiger partial charge on any atom is -0.497 e. The van der Waals surface area contributed by atoms with Gasteiger partial charge in [0.25, 0.3) is 5.91 Å². The van der Waals surface area contributed by atoms with Gasteiger partial charge in [0.1, 0.15) is 5.75 Å². The quantitative estimate of drug-likeness (QED) is 0.864. The molecule has 0 bridgehead atoms. The van der Waals surface area contributed by atoms with Gasteiger partial charge in [0, 0.05) is 12.1 Å². The zero-order chi connectivity index (χ0) is 15.8. The van der Waals surface area contributed by atoms with E-state index in [0.29, 0.717) is 22.9 Å². The smallest absolute Gasteiger partial charge is 0.291 e. The minimum absolute atomic E-state index is 0.167. The number of fused-ring (bicyclic) bond motifs is 2. The number of hydrogen-bond donors (Lipinski definition) is 1. The molecule has 0 saturated carbocycles. The molecule has 0 fully saturated rings. The molecule has 2 aromatic carbocycles. The van der Waals surface area contributed by atoms with E-state index in [4.69, 9.17) is 18.9 Å². The number of carbonyl (C=O) groups excluding carboxylic acids is 1. The molecule has 23 heavy (non-hydrogen) atoms. The summed E-state index contributed by atoms with van der Waals surface area (Å²) in [4.78, 5) is 12.2. The van der Waals surface area contributed by atoms with E-state index in [9.17, 15) is 4.79 Å². The molecular weight excluding hydrogens is 298 g/mol. The molecule has 116 valence electrons. The molecule has 6 heteroatoms. The number of anilines is 1. The molecule has 0 atom stereocenters. The molecule has 0 unspecified atom stereocenters. The molecule has 1 amide bonds. The van der Waals surface area contributed by atoms with Crippen LogP contribution in [0, 0.1) is 0 Å². The van der Waals surface area contributed by atoms with Crippen LogP contribution in [-0.4, -0.2) is 19.8 Å². The highest BCUT2D eigenvalue weighted by Gasteiger charge is 2.26. The summed E-state index contributed by atoms with van der Waals surface area (Å²) in [5.74, 6) is 2.36. The second-order valence-electron chi connectivity index (χ2n) is 5.04. The van der Waals surface area contributed by atoms with Crippen molar-refractivity contribution in [1.82, 2.24) is 0 Å². The van der Waals surface area contributed by atoms with E-state index in [2.05, 4.69) is 5.32 Å². The van der Waals surface area contributed by atoms with Crippen LogP contribution in [0.1, 0.15) is 5.56 Å². The lowest BCUT2D eigenvalue weighted by atomic mass is 10.1. The maximum Gasteiger partial charge on any atom is 0.291 e. The van der Waals surface area contributed by atoms with Crippen molar-refractivity contribution in [3.63, 3.8) is 0 Å². The van der Waals surface area contributed by atoms with Crippen LogP contribution in [0.4, 0.5) is 5.69 Å². The Labute approximate surface area is 132 Å². The lowest BCUT2D eigenvalue weighted by Gasteiger charge is -2.20. The van der Waals surface area contributed by atoms with Gasteiger partial charge in [-0.3, -0.25) is 4.79 Å². The van der Waals surface area contributed by atoms with E-state index in [1.54, 1.807) is 25.3 Å². The molecule has 2 aromatic rings. The van der Waals surface area contributed by atoms with Crippen LogP contribution < -0.4 is 24.3 Å². The number of ether oxygens (including phenoxy) is 4. The lowest BCUT2D eigenvalue weighted by Crippen LogP contribution is -2.23. The van der Waals surface area contributed by atoms with Gasteiger partial charge in [-0.15, -0.1) is 0 Å². The molecule has 0 aromatic heterocycles. The van der Waals surface area contributed by atoms with Crippen molar-refractivity contribution in [2.75, 3.05) is 19.2 Å². The molecule has 2 aliphatic rings. The average Bonchev–Trinajstić information content (AvgIpc) is 3.01. The Morgan fingerprint density at radius 1 is 1.09 bits per heavy atom. The van der Waals surface area contributed by atoms with E-state index in [0.717, 1.165) is 11.3 Å². The summed E-state index contributed by atoms with van der Waals surface area (Å²) >= 11 is 0. The number of rotatable bonds is 2. The first kappa shape index (κ1) is 13.5. The standard InChI is InChI=1S/C17H13NO5/c1-20-11-4-2-10(3-5-11)6-16-17(19)18-12-7-14-15(22-9-21-14)8-13(12)23-16/h2-8H,9H2,1H3,(H,18,19)/b16-6+. The molecule has 0 radical (unpaired) electrons. The van der Waals surface area contributed by atoms with Gasteiger partial charge in [0.2, 0.25) is 6.79 Å². The highest BCUT2D eigenvalue weighted by molar-refractivity contribution is 6.08. The highest BCUT2D eigenvalue weighted by Crippen LogP contribution is 2.43. The first-order valence-electron chi connectivity index (χ1n) is 7.01. The molecule has 0 saturated heterocycles. The summed E-state index contributed by atoms with van der Waals surface area (Å²) in [6.07, 6.45) is 1.67. The first-order chi connectivity index (χ1) is 11.2. The molecule has 0 aliphatic carbocycles. The Hall–Kier alpha value is -3.15. The van der Waals surface area contributed by atoms with Crippen molar-refractivity contribution in [3.05, 3.63) is 47.7 Å². The Morgan fingerprint density at radius 3 is 2.57 bits per heavy atom. The molecule has 2 aliphatic heterocycles. The molecular formula is C17H13NO5. The predicted molar refractivity (Wildman–Crippen MR) is 82.8 cm³/mol. The maximum atomic E-state index is 12.2. The largest absolute Gasteiger partial charge is 0.497 e. The van der Waals surface area contributed by atoms with E-state index in [1.807, 2.05) is 24.3 Å². The van der Waals surface area contributed by atoms with Crippen molar-refractivity contribution in [1.29, 1.82) is 0 Å². The van der Waals surface area contributed by atoms with Crippen LogP contribution in [0.15, 0.2) is 42.2 Å². The zero-order valence-electron chi connectivity index (χ0n) is 12.3. The number of hydrogen-bond acceptors (Lipinski definition) is 5. The van der Waals surface area contributed by atoms with Crippen molar-refractivity contribution < 1.29 is 23.7 Å². The summed E-state index contributed by atoms with van der Waals surface area (Å²) in [6.45, 7) is 0.167. The SMILES string of the molecule is COc1ccc(/C=C2/Oc3cc4c(cc3NC2=O)OCO4)cc1. The Morgan fingerprint density at radius 2 is 1.83 bits per heavy atom.